The SMILES string of the molecule is COC(=O)[C@@H](Cc1cc(=O)oc2cc(OC)ccc12)NC(=O)[C@@H](Cc1ccccc1)NC(=O)OCc1ccccc1. The van der Waals surface area contributed by atoms with Gasteiger partial charge in [0.05, 0.1) is 14.2 Å². The summed E-state index contributed by atoms with van der Waals surface area (Å²) in [5.41, 5.74) is 1.68. The Morgan fingerprint density at radius 1 is 0.805 bits per heavy atom. The Hall–Kier alpha value is -5.12. The van der Waals surface area contributed by atoms with E-state index in [9.17, 15) is 19.2 Å². The Morgan fingerprint density at radius 2 is 1.49 bits per heavy atom. The molecule has 2 atom stereocenters. The zero-order valence-electron chi connectivity index (χ0n) is 22.6. The molecule has 0 spiro atoms. The molecule has 4 aromatic rings. The average molecular weight is 559 g/mol. The molecule has 0 aliphatic rings. The quantitative estimate of drug-likeness (QED) is 0.211. The molecule has 0 saturated carbocycles. The van der Waals surface area contributed by atoms with Gasteiger partial charge in [-0.1, -0.05) is 60.7 Å². The van der Waals surface area contributed by atoms with Gasteiger partial charge in [0, 0.05) is 30.4 Å². The topological polar surface area (TPSA) is 133 Å². The van der Waals surface area contributed by atoms with Gasteiger partial charge < -0.3 is 29.3 Å². The van der Waals surface area contributed by atoms with Crippen LogP contribution in [-0.4, -0.2) is 44.3 Å². The highest BCUT2D eigenvalue weighted by Gasteiger charge is 2.29. The molecular weight excluding hydrogens is 528 g/mol. The molecule has 0 fully saturated rings. The number of carbonyl (C=O) groups is 3. The number of ether oxygens (including phenoxy) is 3. The van der Waals surface area contributed by atoms with E-state index in [0.717, 1.165) is 11.1 Å². The predicted octanol–water partition coefficient (Wildman–Crippen LogP) is 3.54. The van der Waals surface area contributed by atoms with Crippen LogP contribution in [0, 0.1) is 0 Å². The van der Waals surface area contributed by atoms with Crippen molar-refractivity contribution in [3.05, 3.63) is 112 Å². The number of benzene rings is 3. The Bertz CT molecular complexity index is 1550. The highest BCUT2D eigenvalue weighted by molar-refractivity contribution is 5.90. The number of nitrogens with one attached hydrogen (secondary N) is 2. The van der Waals surface area contributed by atoms with E-state index in [2.05, 4.69) is 10.6 Å². The molecule has 10 heteroatoms. The van der Waals surface area contributed by atoms with Crippen molar-refractivity contribution in [1.82, 2.24) is 10.6 Å². The van der Waals surface area contributed by atoms with E-state index in [1.807, 2.05) is 60.7 Å². The summed E-state index contributed by atoms with van der Waals surface area (Å²) >= 11 is 0. The Balaban J connectivity index is 1.54. The van der Waals surface area contributed by atoms with E-state index >= 15 is 0 Å². The van der Waals surface area contributed by atoms with Gasteiger partial charge in [-0.15, -0.1) is 0 Å². The molecule has 0 saturated heterocycles. The van der Waals surface area contributed by atoms with Crippen molar-refractivity contribution in [3.63, 3.8) is 0 Å². The highest BCUT2D eigenvalue weighted by Crippen LogP contribution is 2.23. The Morgan fingerprint density at radius 3 is 2.15 bits per heavy atom. The number of hydrogen-bond donors (Lipinski definition) is 2. The molecular formula is C31H30N2O8. The van der Waals surface area contributed by atoms with Crippen molar-refractivity contribution in [1.29, 1.82) is 0 Å². The van der Waals surface area contributed by atoms with Gasteiger partial charge in [-0.05, 0) is 28.8 Å². The zero-order chi connectivity index (χ0) is 29.2. The fourth-order valence-corrected chi connectivity index (χ4v) is 4.30. The summed E-state index contributed by atoms with van der Waals surface area (Å²) in [6, 6.07) is 22.2. The van der Waals surface area contributed by atoms with E-state index in [0.29, 0.717) is 16.7 Å². The fourth-order valence-electron chi connectivity index (χ4n) is 4.30. The van der Waals surface area contributed by atoms with Gasteiger partial charge in [-0.3, -0.25) is 4.79 Å². The van der Waals surface area contributed by atoms with Crippen LogP contribution in [0.2, 0.25) is 0 Å². The molecule has 3 aromatic carbocycles. The van der Waals surface area contributed by atoms with E-state index in [1.165, 1.54) is 20.3 Å². The van der Waals surface area contributed by atoms with Crippen LogP contribution in [0.5, 0.6) is 5.75 Å². The predicted molar refractivity (Wildman–Crippen MR) is 150 cm³/mol. The molecule has 41 heavy (non-hydrogen) atoms. The molecule has 1 aromatic heterocycles. The first-order valence-electron chi connectivity index (χ1n) is 12.9. The molecule has 10 nitrogen and oxygen atoms in total. The normalized spacial score (nSPS) is 12.1. The second kappa shape index (κ2) is 13.8. The number of hydrogen-bond acceptors (Lipinski definition) is 8. The van der Waals surface area contributed by atoms with Gasteiger partial charge in [0.25, 0.3) is 0 Å². The van der Waals surface area contributed by atoms with Crippen molar-refractivity contribution in [3.8, 4) is 5.75 Å². The summed E-state index contributed by atoms with van der Waals surface area (Å²) in [7, 11) is 2.69. The molecule has 212 valence electrons. The Labute approximate surface area is 236 Å². The largest absolute Gasteiger partial charge is 0.497 e. The third kappa shape index (κ3) is 7.95. The fraction of sp³-hybridized carbons (Fsp3) is 0.226. The first kappa shape index (κ1) is 28.9. The highest BCUT2D eigenvalue weighted by atomic mass is 16.5. The Kier molecular flexibility index (Phi) is 9.71. The van der Waals surface area contributed by atoms with Crippen LogP contribution in [0.15, 0.2) is 94.1 Å². The van der Waals surface area contributed by atoms with Gasteiger partial charge in [0.1, 0.15) is 30.0 Å². The summed E-state index contributed by atoms with van der Waals surface area (Å²) in [5.74, 6) is -0.863. The summed E-state index contributed by atoms with van der Waals surface area (Å²) in [6.45, 7) is 0.0194. The van der Waals surface area contributed by atoms with Crippen LogP contribution in [-0.2, 0) is 38.5 Å². The van der Waals surface area contributed by atoms with Gasteiger partial charge in [-0.25, -0.2) is 14.4 Å². The van der Waals surface area contributed by atoms with Gasteiger partial charge in [0.2, 0.25) is 5.91 Å². The monoisotopic (exact) mass is 558 g/mol. The third-order valence-corrected chi connectivity index (χ3v) is 6.37. The molecule has 2 N–H and O–H groups in total. The minimum absolute atomic E-state index is 0.0194. The van der Waals surface area contributed by atoms with E-state index in [1.54, 1.807) is 18.2 Å². The summed E-state index contributed by atoms with van der Waals surface area (Å²) in [4.78, 5) is 51.2. The summed E-state index contributed by atoms with van der Waals surface area (Å²) < 4.78 is 20.8. The molecule has 1 heterocycles. The maximum absolute atomic E-state index is 13.5. The molecule has 0 bridgehead atoms. The summed E-state index contributed by atoms with van der Waals surface area (Å²) in [5, 5.41) is 5.86. The van der Waals surface area contributed by atoms with E-state index < -0.39 is 35.7 Å². The molecule has 2 amide bonds. The molecule has 0 unspecified atom stereocenters. The number of amides is 2. The van der Waals surface area contributed by atoms with Crippen LogP contribution < -0.4 is 21.0 Å². The molecule has 0 aliphatic heterocycles. The molecule has 0 aliphatic carbocycles. The maximum Gasteiger partial charge on any atom is 0.408 e. The van der Waals surface area contributed by atoms with Crippen molar-refractivity contribution in [2.75, 3.05) is 14.2 Å². The summed E-state index contributed by atoms with van der Waals surface area (Å²) in [6.07, 6.45) is -0.720. The lowest BCUT2D eigenvalue weighted by atomic mass is 10.0. The number of methoxy groups -OCH3 is 2. The lowest BCUT2D eigenvalue weighted by Gasteiger charge is -2.22. The molecule has 4 rings (SSSR count). The van der Waals surface area contributed by atoms with Crippen LogP contribution in [0.3, 0.4) is 0 Å². The van der Waals surface area contributed by atoms with E-state index in [-0.39, 0.29) is 25.0 Å². The van der Waals surface area contributed by atoms with E-state index in [4.69, 9.17) is 18.6 Å². The van der Waals surface area contributed by atoms with Crippen molar-refractivity contribution < 1.29 is 33.0 Å². The smallest absolute Gasteiger partial charge is 0.408 e. The third-order valence-electron chi connectivity index (χ3n) is 6.37. The van der Waals surface area contributed by atoms with Gasteiger partial charge >= 0.3 is 17.7 Å². The van der Waals surface area contributed by atoms with Crippen molar-refractivity contribution in [2.24, 2.45) is 0 Å². The van der Waals surface area contributed by atoms with Crippen LogP contribution in [0.1, 0.15) is 16.7 Å². The lowest BCUT2D eigenvalue weighted by molar-refractivity contribution is -0.145. The minimum Gasteiger partial charge on any atom is -0.497 e. The molecule has 0 radical (unpaired) electrons. The number of fused-ring (bicyclic) bond motifs is 1. The zero-order valence-corrected chi connectivity index (χ0v) is 22.6. The average Bonchev–Trinajstić information content (AvgIpc) is 2.99. The number of rotatable bonds is 11. The van der Waals surface area contributed by atoms with Crippen LogP contribution in [0.25, 0.3) is 11.0 Å². The van der Waals surface area contributed by atoms with Crippen LogP contribution in [0.4, 0.5) is 4.79 Å². The number of alkyl carbamates (subject to hydrolysis) is 1. The van der Waals surface area contributed by atoms with Crippen molar-refractivity contribution >= 4 is 28.9 Å². The second-order valence-corrected chi connectivity index (χ2v) is 9.19. The van der Waals surface area contributed by atoms with Gasteiger partial charge in [0.15, 0.2) is 0 Å². The lowest BCUT2D eigenvalue weighted by Crippen LogP contribution is -2.53. The van der Waals surface area contributed by atoms with Crippen LogP contribution >= 0.6 is 0 Å². The maximum atomic E-state index is 13.5. The standard InChI is InChI=1S/C31H30N2O8/c1-38-23-13-14-24-22(17-28(34)41-27(24)18-23)16-26(30(36)39-2)32-29(35)25(15-20-9-5-3-6-10-20)33-31(37)40-19-21-11-7-4-8-12-21/h3-14,17-18,25-26H,15-16,19H2,1-2H3,(H,32,35)(H,33,37)/t25-,26-/m1/s1. The second-order valence-electron chi connectivity index (χ2n) is 9.19. The minimum atomic E-state index is -1.17. The number of carbonyl (C=O) groups excluding carboxylic acids is 3. The van der Waals surface area contributed by atoms with Crippen molar-refractivity contribution in [2.45, 2.75) is 31.5 Å². The first-order valence-corrected chi connectivity index (χ1v) is 12.9. The first-order chi connectivity index (χ1) is 19.9. The number of esters is 1. The van der Waals surface area contributed by atoms with Gasteiger partial charge in [-0.2, -0.15) is 0 Å².